The molecule has 0 fully saturated rings. The Kier molecular flexibility index (Phi) is 5.26. The van der Waals surface area contributed by atoms with E-state index < -0.39 is 11.8 Å². The molecule has 3 aromatic carbocycles. The van der Waals surface area contributed by atoms with Gasteiger partial charge in [0, 0.05) is 34.1 Å². The smallest absolute Gasteiger partial charge is 0.265 e. The first kappa shape index (κ1) is 19.7. The molecule has 8 heteroatoms. The van der Waals surface area contributed by atoms with Gasteiger partial charge in [-0.2, -0.15) is 0 Å². The summed E-state index contributed by atoms with van der Waals surface area (Å²) in [5, 5.41) is 13.4. The Labute approximate surface area is 173 Å². The summed E-state index contributed by atoms with van der Waals surface area (Å²) in [4.78, 5) is 27.6. The maximum atomic E-state index is 13.2. The molecule has 1 aliphatic heterocycles. The minimum atomic E-state index is -0.411. The van der Waals surface area contributed by atoms with Crippen LogP contribution >= 0.6 is 0 Å². The highest BCUT2D eigenvalue weighted by atomic mass is 16.5. The molecule has 0 aliphatic carbocycles. The normalized spacial score (nSPS) is 13.2. The molecular weight excluding hydrogens is 384 g/mol. The van der Waals surface area contributed by atoms with Gasteiger partial charge in [0.2, 0.25) is 0 Å². The highest BCUT2D eigenvalue weighted by molar-refractivity contribution is 6.36. The number of carbonyl (C=O) groups excluding carboxylic acids is 2. The van der Waals surface area contributed by atoms with E-state index in [4.69, 9.17) is 21.3 Å². The molecular formula is C22H22N4O4. The van der Waals surface area contributed by atoms with Gasteiger partial charge < -0.3 is 26.6 Å². The fourth-order valence-electron chi connectivity index (χ4n) is 3.61. The Morgan fingerprint density at radius 3 is 2.43 bits per heavy atom. The van der Waals surface area contributed by atoms with Crippen LogP contribution < -0.4 is 21.7 Å². The number of ether oxygens (including phenoxy) is 1. The van der Waals surface area contributed by atoms with Crippen molar-refractivity contribution in [2.24, 2.45) is 0 Å². The molecule has 0 aromatic heterocycles. The molecule has 0 saturated heterocycles. The number of imide groups is 1. The van der Waals surface area contributed by atoms with Gasteiger partial charge in [0.05, 0.1) is 36.9 Å². The fraction of sp³-hybridized carbons (Fsp3) is 0.182. The summed E-state index contributed by atoms with van der Waals surface area (Å²) in [5.41, 5.74) is 14.4. The van der Waals surface area contributed by atoms with Crippen molar-refractivity contribution in [2.75, 3.05) is 48.0 Å². The molecule has 0 atom stereocenters. The largest absolute Gasteiger partial charge is 0.397 e. The molecule has 154 valence electrons. The lowest BCUT2D eigenvalue weighted by Crippen LogP contribution is -2.40. The van der Waals surface area contributed by atoms with Crippen molar-refractivity contribution >= 4 is 45.3 Å². The molecule has 0 unspecified atom stereocenters. The van der Waals surface area contributed by atoms with E-state index in [2.05, 4.69) is 5.32 Å². The Hall–Kier alpha value is -3.62. The van der Waals surface area contributed by atoms with Crippen molar-refractivity contribution in [3.63, 3.8) is 0 Å². The number of aliphatic hydroxyl groups excluding tert-OH is 1. The van der Waals surface area contributed by atoms with Crippen LogP contribution in [0.4, 0.5) is 22.7 Å². The van der Waals surface area contributed by atoms with Gasteiger partial charge in [0.1, 0.15) is 0 Å². The quantitative estimate of drug-likeness (QED) is 0.269. The van der Waals surface area contributed by atoms with Gasteiger partial charge in [-0.25, -0.2) is 4.90 Å². The van der Waals surface area contributed by atoms with Crippen molar-refractivity contribution in [3.8, 4) is 0 Å². The van der Waals surface area contributed by atoms with Gasteiger partial charge in [0.15, 0.2) is 0 Å². The number of nitrogens with one attached hydrogen (secondary N) is 1. The van der Waals surface area contributed by atoms with E-state index in [1.165, 1.54) is 6.07 Å². The molecule has 0 radical (unpaired) electrons. The zero-order valence-electron chi connectivity index (χ0n) is 16.2. The van der Waals surface area contributed by atoms with Gasteiger partial charge in [-0.05, 0) is 36.4 Å². The highest BCUT2D eigenvalue weighted by Crippen LogP contribution is 2.36. The second-order valence-corrected chi connectivity index (χ2v) is 6.91. The van der Waals surface area contributed by atoms with Gasteiger partial charge in [-0.3, -0.25) is 9.59 Å². The predicted molar refractivity (Wildman–Crippen MR) is 117 cm³/mol. The highest BCUT2D eigenvalue weighted by Gasteiger charge is 2.34. The number of amides is 2. The number of anilines is 4. The van der Waals surface area contributed by atoms with E-state index in [1.54, 1.807) is 30.3 Å². The third kappa shape index (κ3) is 3.32. The van der Waals surface area contributed by atoms with Crippen LogP contribution in [-0.2, 0) is 4.74 Å². The number of carbonyl (C=O) groups is 2. The molecule has 3 aromatic rings. The number of hydrogen-bond acceptors (Lipinski definition) is 7. The van der Waals surface area contributed by atoms with Crippen LogP contribution in [0, 0.1) is 0 Å². The van der Waals surface area contributed by atoms with E-state index in [-0.39, 0.29) is 13.2 Å². The standard InChI is InChI=1S/C22H22N4O4/c23-17-6-4-13(12-18(17)24)26-21(28)15-3-1-2-14-19(25-8-10-30-11-9-27)7-5-16(20(14)15)22(26)29/h1-7,12,25,27H,8-11,23-24H2. The molecule has 1 heterocycles. The van der Waals surface area contributed by atoms with E-state index >= 15 is 0 Å². The topological polar surface area (TPSA) is 131 Å². The molecule has 2 amide bonds. The zero-order chi connectivity index (χ0) is 21.3. The summed E-state index contributed by atoms with van der Waals surface area (Å²) < 4.78 is 5.27. The minimum Gasteiger partial charge on any atom is -0.397 e. The lowest BCUT2D eigenvalue weighted by atomic mass is 9.92. The van der Waals surface area contributed by atoms with E-state index in [9.17, 15) is 9.59 Å². The van der Waals surface area contributed by atoms with Crippen LogP contribution in [0.5, 0.6) is 0 Å². The van der Waals surface area contributed by atoms with Gasteiger partial charge in [0.25, 0.3) is 11.8 Å². The SMILES string of the molecule is Nc1ccc(N2C(=O)c3cccc4c(NCCOCCO)ccc(c34)C2=O)cc1N. The number of nitrogen functional groups attached to an aromatic ring is 2. The summed E-state index contributed by atoms with van der Waals surface area (Å²) in [7, 11) is 0. The average molecular weight is 406 g/mol. The number of nitrogens with zero attached hydrogens (tertiary/aromatic N) is 1. The van der Waals surface area contributed by atoms with Crippen molar-refractivity contribution < 1.29 is 19.4 Å². The van der Waals surface area contributed by atoms with Gasteiger partial charge in [-0.15, -0.1) is 0 Å². The Balaban J connectivity index is 1.72. The van der Waals surface area contributed by atoms with Crippen LogP contribution in [0.2, 0.25) is 0 Å². The van der Waals surface area contributed by atoms with E-state index in [0.717, 1.165) is 16.0 Å². The molecule has 0 saturated carbocycles. The average Bonchev–Trinajstić information content (AvgIpc) is 2.75. The van der Waals surface area contributed by atoms with Crippen LogP contribution in [0.25, 0.3) is 10.8 Å². The van der Waals surface area contributed by atoms with Crippen molar-refractivity contribution in [1.82, 2.24) is 0 Å². The first-order valence-electron chi connectivity index (χ1n) is 9.55. The van der Waals surface area contributed by atoms with Gasteiger partial charge >= 0.3 is 0 Å². The summed E-state index contributed by atoms with van der Waals surface area (Å²) >= 11 is 0. The van der Waals surface area contributed by atoms with Gasteiger partial charge in [-0.1, -0.05) is 12.1 Å². The second-order valence-electron chi connectivity index (χ2n) is 6.91. The van der Waals surface area contributed by atoms with Crippen molar-refractivity contribution in [1.29, 1.82) is 0 Å². The molecule has 0 spiro atoms. The molecule has 0 bridgehead atoms. The summed E-state index contributed by atoms with van der Waals surface area (Å²) in [6, 6.07) is 13.6. The maximum absolute atomic E-state index is 13.2. The number of hydrogen-bond donors (Lipinski definition) is 4. The maximum Gasteiger partial charge on any atom is 0.265 e. The summed E-state index contributed by atoms with van der Waals surface area (Å²) in [6.07, 6.45) is 0. The fourth-order valence-corrected chi connectivity index (χ4v) is 3.61. The zero-order valence-corrected chi connectivity index (χ0v) is 16.2. The number of aliphatic hydroxyl groups is 1. The van der Waals surface area contributed by atoms with E-state index in [1.807, 2.05) is 12.1 Å². The van der Waals surface area contributed by atoms with Crippen LogP contribution in [-0.4, -0.2) is 43.3 Å². The molecule has 6 N–H and O–H groups in total. The lowest BCUT2D eigenvalue weighted by Gasteiger charge is -2.28. The number of nitrogens with two attached hydrogens (primary N) is 2. The molecule has 4 rings (SSSR count). The monoisotopic (exact) mass is 406 g/mol. The Morgan fingerprint density at radius 1 is 0.933 bits per heavy atom. The third-order valence-electron chi connectivity index (χ3n) is 5.03. The van der Waals surface area contributed by atoms with E-state index in [0.29, 0.717) is 46.7 Å². The number of benzene rings is 3. The first-order chi connectivity index (χ1) is 14.5. The second kappa shape index (κ2) is 8.02. The minimum absolute atomic E-state index is 0.0264. The summed E-state index contributed by atoms with van der Waals surface area (Å²) in [5.74, 6) is -0.823. The first-order valence-corrected chi connectivity index (χ1v) is 9.55. The van der Waals surface area contributed by atoms with Crippen LogP contribution in [0.3, 0.4) is 0 Å². The van der Waals surface area contributed by atoms with Crippen molar-refractivity contribution in [3.05, 3.63) is 59.7 Å². The van der Waals surface area contributed by atoms with Crippen LogP contribution in [0.1, 0.15) is 20.7 Å². The summed E-state index contributed by atoms with van der Waals surface area (Å²) in [6.45, 7) is 1.20. The lowest BCUT2D eigenvalue weighted by molar-refractivity contribution is 0.0893. The van der Waals surface area contributed by atoms with Crippen LogP contribution in [0.15, 0.2) is 48.5 Å². The van der Waals surface area contributed by atoms with Crippen molar-refractivity contribution in [2.45, 2.75) is 0 Å². The number of rotatable bonds is 7. The Morgan fingerprint density at radius 2 is 1.70 bits per heavy atom. The predicted octanol–water partition coefficient (Wildman–Crippen LogP) is 2.23. The Bertz CT molecular complexity index is 1120. The third-order valence-corrected chi connectivity index (χ3v) is 5.03. The molecule has 30 heavy (non-hydrogen) atoms. The molecule has 1 aliphatic rings. The molecule has 8 nitrogen and oxygen atoms in total.